The van der Waals surface area contributed by atoms with Crippen LogP contribution < -0.4 is 9.64 Å². The first-order valence-corrected chi connectivity index (χ1v) is 8.15. The Labute approximate surface area is 138 Å². The van der Waals surface area contributed by atoms with Gasteiger partial charge in [0, 0.05) is 30.7 Å². The van der Waals surface area contributed by atoms with Crippen LogP contribution >= 0.6 is 11.6 Å². The maximum atomic E-state index is 5.99. The van der Waals surface area contributed by atoms with Gasteiger partial charge in [0.2, 0.25) is 0 Å². The monoisotopic (exact) mass is 317 g/mol. The maximum absolute atomic E-state index is 5.99. The van der Waals surface area contributed by atoms with Crippen molar-refractivity contribution in [3.05, 3.63) is 60.2 Å². The average molecular weight is 318 g/mol. The molecule has 0 atom stereocenters. The van der Waals surface area contributed by atoms with E-state index in [4.69, 9.17) is 16.3 Å². The molecule has 0 saturated heterocycles. The highest BCUT2D eigenvalue weighted by atomic mass is 35.5. The minimum absolute atomic E-state index is 0.199. The zero-order chi connectivity index (χ0) is 16.0. The molecule has 2 nitrogen and oxygen atoms in total. The molecule has 0 aliphatic heterocycles. The molecule has 0 spiro atoms. The molecule has 0 heterocycles. The molecule has 0 aliphatic carbocycles. The second-order valence-corrected chi connectivity index (χ2v) is 6.69. The van der Waals surface area contributed by atoms with Gasteiger partial charge in [0.1, 0.15) is 11.4 Å². The Bertz CT molecular complexity index is 577. The van der Waals surface area contributed by atoms with E-state index in [-0.39, 0.29) is 5.60 Å². The molecular formula is C19H24ClNO. The van der Waals surface area contributed by atoms with Crippen molar-refractivity contribution >= 4 is 17.3 Å². The predicted octanol–water partition coefficient (Wildman–Crippen LogP) is 5.11. The fourth-order valence-electron chi connectivity index (χ4n) is 2.30. The number of halogens is 1. The molecule has 0 amide bonds. The van der Waals surface area contributed by atoms with E-state index in [2.05, 4.69) is 62.1 Å². The third-order valence-electron chi connectivity index (χ3n) is 3.18. The highest BCUT2D eigenvalue weighted by molar-refractivity contribution is 6.18. The van der Waals surface area contributed by atoms with Crippen LogP contribution in [0.3, 0.4) is 0 Å². The van der Waals surface area contributed by atoms with Gasteiger partial charge in [0.25, 0.3) is 0 Å². The number of hydrogen-bond donors (Lipinski definition) is 0. The molecule has 0 N–H and O–H groups in total. The molecule has 0 saturated carbocycles. The molecule has 0 radical (unpaired) electrons. The maximum Gasteiger partial charge on any atom is 0.122 e. The molecule has 2 aromatic rings. The minimum atomic E-state index is -0.199. The molecule has 2 aromatic carbocycles. The first kappa shape index (κ1) is 16.7. The molecule has 0 aliphatic rings. The number of benzene rings is 2. The molecule has 0 bridgehead atoms. The van der Waals surface area contributed by atoms with Gasteiger partial charge in [-0.2, -0.15) is 0 Å². The van der Waals surface area contributed by atoms with Crippen LogP contribution in [0.5, 0.6) is 5.75 Å². The second kappa shape index (κ2) is 7.55. The molecule has 0 fully saturated rings. The highest BCUT2D eigenvalue weighted by Crippen LogP contribution is 2.25. The first-order chi connectivity index (χ1) is 10.5. The lowest BCUT2D eigenvalue weighted by atomic mass is 10.1. The van der Waals surface area contributed by atoms with E-state index in [0.717, 1.165) is 24.5 Å². The topological polar surface area (TPSA) is 12.5 Å². The molecule has 2 rings (SSSR count). The summed E-state index contributed by atoms with van der Waals surface area (Å²) < 4.78 is 5.96. The van der Waals surface area contributed by atoms with Gasteiger partial charge in [-0.15, -0.1) is 11.6 Å². The largest absolute Gasteiger partial charge is 0.488 e. The summed E-state index contributed by atoms with van der Waals surface area (Å²) in [5.74, 6) is 1.48. The zero-order valence-electron chi connectivity index (χ0n) is 13.6. The Morgan fingerprint density at radius 1 is 1.00 bits per heavy atom. The minimum Gasteiger partial charge on any atom is -0.488 e. The Morgan fingerprint density at radius 3 is 2.36 bits per heavy atom. The lowest BCUT2D eigenvalue weighted by molar-refractivity contribution is 0.131. The summed E-state index contributed by atoms with van der Waals surface area (Å²) in [6.45, 7) is 7.81. The van der Waals surface area contributed by atoms with Gasteiger partial charge in [-0.05, 0) is 38.5 Å². The fourth-order valence-corrected chi connectivity index (χ4v) is 2.51. The number of rotatable bonds is 6. The van der Waals surface area contributed by atoms with Gasteiger partial charge < -0.3 is 9.64 Å². The van der Waals surface area contributed by atoms with Crippen molar-refractivity contribution < 1.29 is 4.74 Å². The van der Waals surface area contributed by atoms with Crippen LogP contribution in [0.2, 0.25) is 0 Å². The fraction of sp³-hybridized carbons (Fsp3) is 0.368. The summed E-state index contributed by atoms with van der Waals surface area (Å²) in [4.78, 5) is 2.28. The second-order valence-electron chi connectivity index (χ2n) is 6.31. The summed E-state index contributed by atoms with van der Waals surface area (Å²) in [5.41, 5.74) is 2.20. The van der Waals surface area contributed by atoms with E-state index in [9.17, 15) is 0 Å². The molecule has 3 heteroatoms. The van der Waals surface area contributed by atoms with Gasteiger partial charge >= 0.3 is 0 Å². The summed E-state index contributed by atoms with van der Waals surface area (Å²) in [6.07, 6.45) is 0. The lowest BCUT2D eigenvalue weighted by Gasteiger charge is -2.26. The van der Waals surface area contributed by atoms with Crippen LogP contribution in [0.25, 0.3) is 0 Å². The van der Waals surface area contributed by atoms with Crippen molar-refractivity contribution in [2.24, 2.45) is 0 Å². The van der Waals surface area contributed by atoms with Gasteiger partial charge in [-0.3, -0.25) is 0 Å². The standard InChI is InChI=1S/C19H24ClNO/c1-19(2,3)22-18-11-7-10-17(14-18)21(13-12-20)15-16-8-5-4-6-9-16/h4-11,14H,12-13,15H2,1-3H3. The Morgan fingerprint density at radius 2 is 1.73 bits per heavy atom. The zero-order valence-corrected chi connectivity index (χ0v) is 14.3. The number of nitrogens with zero attached hydrogens (tertiary/aromatic N) is 1. The predicted molar refractivity (Wildman–Crippen MR) is 95.0 cm³/mol. The summed E-state index contributed by atoms with van der Waals surface area (Å²) in [7, 11) is 0. The van der Waals surface area contributed by atoms with E-state index in [1.54, 1.807) is 0 Å². The Kier molecular flexibility index (Phi) is 5.73. The van der Waals surface area contributed by atoms with Crippen LogP contribution in [-0.4, -0.2) is 18.0 Å². The van der Waals surface area contributed by atoms with Crippen LogP contribution in [0.15, 0.2) is 54.6 Å². The normalized spacial score (nSPS) is 11.3. The molecule has 0 unspecified atom stereocenters. The average Bonchev–Trinajstić information content (AvgIpc) is 2.46. The van der Waals surface area contributed by atoms with Crippen LogP contribution in [0.4, 0.5) is 5.69 Å². The van der Waals surface area contributed by atoms with Gasteiger partial charge in [0.15, 0.2) is 0 Å². The Balaban J connectivity index is 2.19. The quantitative estimate of drug-likeness (QED) is 0.686. The van der Waals surface area contributed by atoms with Crippen molar-refractivity contribution in [3.8, 4) is 5.75 Å². The van der Waals surface area contributed by atoms with Crippen LogP contribution in [0.1, 0.15) is 26.3 Å². The summed E-state index contributed by atoms with van der Waals surface area (Å²) >= 11 is 5.99. The smallest absolute Gasteiger partial charge is 0.122 e. The van der Waals surface area contributed by atoms with Gasteiger partial charge in [-0.1, -0.05) is 36.4 Å². The van der Waals surface area contributed by atoms with E-state index in [1.807, 2.05) is 18.2 Å². The van der Waals surface area contributed by atoms with Crippen molar-refractivity contribution in [2.45, 2.75) is 32.9 Å². The van der Waals surface area contributed by atoms with Crippen molar-refractivity contribution in [2.75, 3.05) is 17.3 Å². The number of ether oxygens (including phenoxy) is 1. The van der Waals surface area contributed by atoms with Crippen molar-refractivity contribution in [1.29, 1.82) is 0 Å². The van der Waals surface area contributed by atoms with E-state index >= 15 is 0 Å². The van der Waals surface area contributed by atoms with Crippen LogP contribution in [0, 0.1) is 0 Å². The van der Waals surface area contributed by atoms with E-state index in [1.165, 1.54) is 5.56 Å². The lowest BCUT2D eigenvalue weighted by Crippen LogP contribution is -2.26. The van der Waals surface area contributed by atoms with Gasteiger partial charge in [-0.25, -0.2) is 0 Å². The van der Waals surface area contributed by atoms with E-state index < -0.39 is 0 Å². The SMILES string of the molecule is CC(C)(C)Oc1cccc(N(CCCl)Cc2ccccc2)c1. The van der Waals surface area contributed by atoms with Crippen molar-refractivity contribution in [1.82, 2.24) is 0 Å². The molecular weight excluding hydrogens is 294 g/mol. The van der Waals surface area contributed by atoms with Crippen molar-refractivity contribution in [3.63, 3.8) is 0 Å². The highest BCUT2D eigenvalue weighted by Gasteiger charge is 2.13. The van der Waals surface area contributed by atoms with Crippen LogP contribution in [-0.2, 0) is 6.54 Å². The number of anilines is 1. The molecule has 0 aromatic heterocycles. The summed E-state index contributed by atoms with van der Waals surface area (Å²) in [5, 5.41) is 0. The molecule has 118 valence electrons. The third kappa shape index (κ3) is 5.27. The molecule has 22 heavy (non-hydrogen) atoms. The Hall–Kier alpha value is -1.67. The number of alkyl halides is 1. The third-order valence-corrected chi connectivity index (χ3v) is 3.35. The summed E-state index contributed by atoms with van der Waals surface area (Å²) in [6, 6.07) is 18.6. The number of hydrogen-bond acceptors (Lipinski definition) is 2. The first-order valence-electron chi connectivity index (χ1n) is 7.62. The van der Waals surface area contributed by atoms with Gasteiger partial charge in [0.05, 0.1) is 0 Å². The van der Waals surface area contributed by atoms with E-state index in [0.29, 0.717) is 5.88 Å².